The number of carbonyl (C=O) groups is 1. The summed E-state index contributed by atoms with van der Waals surface area (Å²) in [5.41, 5.74) is 0.369. The molecule has 82 valence electrons. The van der Waals surface area contributed by atoms with Crippen LogP contribution in [-0.4, -0.2) is 28.0 Å². The molecule has 0 aromatic carbocycles. The van der Waals surface area contributed by atoms with E-state index < -0.39 is 5.97 Å². The van der Waals surface area contributed by atoms with E-state index in [0.717, 1.165) is 0 Å². The highest BCUT2D eigenvalue weighted by Gasteiger charge is 2.19. The lowest BCUT2D eigenvalue weighted by atomic mass is 10.4. The Kier molecular flexibility index (Phi) is 2.63. The van der Waals surface area contributed by atoms with Crippen LogP contribution in [0.25, 0.3) is 5.82 Å². The number of esters is 1. The highest BCUT2D eigenvalue weighted by atomic mass is 16.5. The van der Waals surface area contributed by atoms with Gasteiger partial charge < -0.3 is 4.74 Å². The van der Waals surface area contributed by atoms with Crippen LogP contribution in [-0.2, 0) is 11.8 Å². The SMILES string of the molecule is COC(=O)c1c[n+](-c2ccccn2)nn1C. The summed E-state index contributed by atoms with van der Waals surface area (Å²) in [6.45, 7) is 0. The molecule has 2 aromatic heterocycles. The Hall–Kier alpha value is -2.24. The Labute approximate surface area is 92.1 Å². The lowest BCUT2D eigenvalue weighted by molar-refractivity contribution is -0.665. The van der Waals surface area contributed by atoms with Crippen LogP contribution < -0.4 is 4.68 Å². The Bertz CT molecular complexity index is 507. The summed E-state index contributed by atoms with van der Waals surface area (Å²) < 4.78 is 7.60. The normalized spacial score (nSPS) is 10.1. The minimum Gasteiger partial charge on any atom is -0.463 e. The molecule has 0 fully saturated rings. The zero-order valence-electron chi connectivity index (χ0n) is 8.99. The van der Waals surface area contributed by atoms with E-state index in [9.17, 15) is 4.79 Å². The van der Waals surface area contributed by atoms with Crippen LogP contribution in [0.3, 0.4) is 0 Å². The van der Waals surface area contributed by atoms with Crippen LogP contribution >= 0.6 is 0 Å². The van der Waals surface area contributed by atoms with Gasteiger partial charge in [-0.25, -0.2) is 4.79 Å². The second kappa shape index (κ2) is 4.09. The first-order valence-corrected chi connectivity index (χ1v) is 4.68. The first-order valence-electron chi connectivity index (χ1n) is 4.68. The molecule has 0 aliphatic heterocycles. The van der Waals surface area contributed by atoms with Gasteiger partial charge in [0.15, 0.2) is 0 Å². The van der Waals surface area contributed by atoms with Crippen molar-refractivity contribution < 1.29 is 14.2 Å². The summed E-state index contributed by atoms with van der Waals surface area (Å²) >= 11 is 0. The number of methoxy groups -OCH3 is 1. The van der Waals surface area contributed by atoms with Crippen molar-refractivity contribution in [2.45, 2.75) is 0 Å². The molecule has 0 atom stereocenters. The van der Waals surface area contributed by atoms with E-state index in [1.54, 1.807) is 25.5 Å². The van der Waals surface area contributed by atoms with Crippen molar-refractivity contribution in [1.82, 2.24) is 14.9 Å². The number of nitrogens with zero attached hydrogens (tertiary/aromatic N) is 4. The molecule has 0 aliphatic rings. The van der Waals surface area contributed by atoms with Gasteiger partial charge in [-0.1, -0.05) is 6.07 Å². The predicted octanol–water partition coefficient (Wildman–Crippen LogP) is -0.122. The van der Waals surface area contributed by atoms with Gasteiger partial charge in [0.1, 0.15) is 12.4 Å². The third kappa shape index (κ3) is 1.77. The van der Waals surface area contributed by atoms with Gasteiger partial charge in [0, 0.05) is 11.3 Å². The lowest BCUT2D eigenvalue weighted by Crippen LogP contribution is -2.34. The minimum atomic E-state index is -0.426. The summed E-state index contributed by atoms with van der Waals surface area (Å²) in [5, 5.41) is 4.12. The maximum Gasteiger partial charge on any atom is 0.375 e. The van der Waals surface area contributed by atoms with Gasteiger partial charge >= 0.3 is 5.97 Å². The molecule has 0 spiro atoms. The van der Waals surface area contributed by atoms with Crippen LogP contribution in [0.4, 0.5) is 0 Å². The molecule has 0 N–H and O–H groups in total. The average molecular weight is 219 g/mol. The number of aryl methyl sites for hydroxylation is 1. The predicted molar refractivity (Wildman–Crippen MR) is 53.9 cm³/mol. The molecule has 0 aliphatic carbocycles. The Morgan fingerprint density at radius 2 is 2.31 bits per heavy atom. The van der Waals surface area contributed by atoms with Gasteiger partial charge in [0.2, 0.25) is 5.69 Å². The average Bonchev–Trinajstić information content (AvgIpc) is 2.71. The number of carbonyl (C=O) groups excluding carboxylic acids is 1. The molecule has 2 heterocycles. The Morgan fingerprint density at radius 3 is 2.94 bits per heavy atom. The van der Waals surface area contributed by atoms with Crippen molar-refractivity contribution in [3.05, 3.63) is 36.3 Å². The van der Waals surface area contributed by atoms with Crippen LogP contribution in [0.2, 0.25) is 0 Å². The smallest absolute Gasteiger partial charge is 0.375 e. The minimum absolute atomic E-state index is 0.369. The number of hydrogen-bond donors (Lipinski definition) is 0. The third-order valence-corrected chi connectivity index (χ3v) is 2.10. The maximum absolute atomic E-state index is 11.4. The molecule has 0 bridgehead atoms. The number of hydrogen-bond acceptors (Lipinski definition) is 4. The van der Waals surface area contributed by atoms with E-state index in [4.69, 9.17) is 0 Å². The van der Waals surface area contributed by atoms with Crippen LogP contribution in [0.1, 0.15) is 10.5 Å². The number of pyridine rings is 1. The fraction of sp³-hybridized carbons (Fsp3) is 0.200. The zero-order valence-corrected chi connectivity index (χ0v) is 8.99. The zero-order chi connectivity index (χ0) is 11.5. The van der Waals surface area contributed by atoms with Crippen molar-refractivity contribution in [3.63, 3.8) is 0 Å². The number of ether oxygens (including phenoxy) is 1. The highest BCUT2D eigenvalue weighted by Crippen LogP contribution is 1.98. The molecule has 0 saturated heterocycles. The van der Waals surface area contributed by atoms with Crippen molar-refractivity contribution in [2.24, 2.45) is 7.05 Å². The second-order valence-electron chi connectivity index (χ2n) is 3.15. The first kappa shape index (κ1) is 10.3. The molecule has 0 amide bonds. The standard InChI is InChI=1S/C10H11N4O2/c1-13-8(10(15)16-2)7-14(12-13)9-5-3-4-6-11-9/h3-7H,1-2H3/q+1. The summed E-state index contributed by atoms with van der Waals surface area (Å²) in [6.07, 6.45) is 3.24. The molecule has 0 unspecified atom stereocenters. The van der Waals surface area contributed by atoms with Crippen molar-refractivity contribution in [1.29, 1.82) is 0 Å². The molecule has 2 aromatic rings. The van der Waals surface area contributed by atoms with E-state index in [1.165, 1.54) is 16.5 Å². The highest BCUT2D eigenvalue weighted by molar-refractivity contribution is 5.86. The third-order valence-electron chi connectivity index (χ3n) is 2.10. The van der Waals surface area contributed by atoms with Gasteiger partial charge in [0.05, 0.1) is 14.2 Å². The van der Waals surface area contributed by atoms with Gasteiger partial charge in [-0.3, -0.25) is 0 Å². The summed E-state index contributed by atoms with van der Waals surface area (Å²) in [6, 6.07) is 5.46. The summed E-state index contributed by atoms with van der Waals surface area (Å²) in [4.78, 5) is 15.5. The molecule has 0 saturated carbocycles. The first-order chi connectivity index (χ1) is 7.72. The monoisotopic (exact) mass is 219 g/mol. The van der Waals surface area contributed by atoms with Crippen molar-refractivity contribution in [2.75, 3.05) is 7.11 Å². The van der Waals surface area contributed by atoms with Gasteiger partial charge in [-0.05, 0) is 6.07 Å². The molecule has 0 radical (unpaired) electrons. The Balaban J connectivity index is 2.42. The van der Waals surface area contributed by atoms with Crippen LogP contribution in [0.15, 0.2) is 30.6 Å². The topological polar surface area (TPSA) is 60.9 Å². The fourth-order valence-electron chi connectivity index (χ4n) is 1.31. The van der Waals surface area contributed by atoms with E-state index >= 15 is 0 Å². The fourth-order valence-corrected chi connectivity index (χ4v) is 1.31. The van der Waals surface area contributed by atoms with Crippen molar-refractivity contribution >= 4 is 5.97 Å². The van der Waals surface area contributed by atoms with E-state index in [0.29, 0.717) is 11.5 Å². The van der Waals surface area contributed by atoms with Gasteiger partial charge in [-0.2, -0.15) is 4.68 Å². The van der Waals surface area contributed by atoms with E-state index in [2.05, 4.69) is 14.9 Å². The molecule has 2 rings (SSSR count). The largest absolute Gasteiger partial charge is 0.463 e. The van der Waals surface area contributed by atoms with E-state index in [1.807, 2.05) is 12.1 Å². The second-order valence-corrected chi connectivity index (χ2v) is 3.15. The number of rotatable bonds is 2. The molecular formula is C10H11N4O2+. The van der Waals surface area contributed by atoms with Gasteiger partial charge in [-0.15, -0.1) is 9.67 Å². The molecule has 16 heavy (non-hydrogen) atoms. The van der Waals surface area contributed by atoms with Gasteiger partial charge in [0.25, 0.3) is 5.82 Å². The molecule has 6 heteroatoms. The summed E-state index contributed by atoms with van der Waals surface area (Å²) in [5.74, 6) is 0.220. The summed E-state index contributed by atoms with van der Waals surface area (Å²) in [7, 11) is 3.01. The lowest BCUT2D eigenvalue weighted by Gasteiger charge is -1.91. The van der Waals surface area contributed by atoms with Crippen LogP contribution in [0.5, 0.6) is 0 Å². The number of aromatic nitrogens is 4. The Morgan fingerprint density at radius 1 is 1.50 bits per heavy atom. The molecule has 6 nitrogen and oxygen atoms in total. The quantitative estimate of drug-likeness (QED) is 0.522. The molecular weight excluding hydrogens is 208 g/mol. The maximum atomic E-state index is 11.4. The van der Waals surface area contributed by atoms with E-state index in [-0.39, 0.29) is 0 Å². The van der Waals surface area contributed by atoms with Crippen LogP contribution in [0, 0.1) is 0 Å². The van der Waals surface area contributed by atoms with Crippen molar-refractivity contribution in [3.8, 4) is 5.82 Å².